The molecular weight excluding hydrogens is 280 g/mol. The summed E-state index contributed by atoms with van der Waals surface area (Å²) in [6, 6.07) is 2.94. The Morgan fingerprint density at radius 2 is 2.05 bits per heavy atom. The highest BCUT2D eigenvalue weighted by atomic mass is 32.2. The van der Waals surface area contributed by atoms with Crippen molar-refractivity contribution in [3.05, 3.63) is 35.2 Å². The van der Waals surface area contributed by atoms with Crippen LogP contribution in [0.1, 0.15) is 0 Å². The van der Waals surface area contributed by atoms with E-state index < -0.39 is 22.6 Å². The highest BCUT2D eigenvalue weighted by molar-refractivity contribution is 7.19. The summed E-state index contributed by atoms with van der Waals surface area (Å²) in [4.78, 5) is 6.02. The lowest BCUT2D eigenvalue weighted by Crippen LogP contribution is -2.15. The van der Waals surface area contributed by atoms with Gasteiger partial charge in [0.25, 0.3) is 22.2 Å². The fourth-order valence-corrected chi connectivity index (χ4v) is 2.05. The van der Waals surface area contributed by atoms with Gasteiger partial charge in [0.2, 0.25) is 0 Å². The molecule has 0 aliphatic rings. The highest BCUT2D eigenvalue weighted by Crippen LogP contribution is 2.25. The third-order valence-electron chi connectivity index (χ3n) is 2.07. The van der Waals surface area contributed by atoms with Crippen LogP contribution in [0.15, 0.2) is 23.6 Å². The molecule has 9 heteroatoms. The first-order valence-electron chi connectivity index (χ1n) is 5.12. The number of benzene rings is 1. The van der Waals surface area contributed by atoms with Gasteiger partial charge in [0.05, 0.1) is 0 Å². The van der Waals surface area contributed by atoms with E-state index in [1.54, 1.807) is 0 Å². The topological polar surface area (TPSA) is 64.2 Å². The number of H-pyrrole nitrogens is 2. The molecule has 0 amide bonds. The van der Waals surface area contributed by atoms with Crippen LogP contribution in [0.25, 0.3) is 0 Å². The standard InChI is InChI=1S/C10H12F2N3O3S/c1-16-15-13-10(6-19(14-15)17-2)18-9-5-7(11)3-4-8(9)12/h3-6,13-14H,1-2H3/q+1. The summed E-state index contributed by atoms with van der Waals surface area (Å²) in [5, 5.41) is 4.17. The second kappa shape index (κ2) is 5.76. The van der Waals surface area contributed by atoms with Crippen molar-refractivity contribution in [2.75, 3.05) is 14.2 Å². The molecule has 2 N–H and O–H groups in total. The Bertz CT molecular complexity index is 578. The lowest BCUT2D eigenvalue weighted by Gasteiger charge is -2.07. The number of halogens is 2. The molecule has 0 saturated heterocycles. The molecule has 2 rings (SSSR count). The van der Waals surface area contributed by atoms with Gasteiger partial charge in [-0.3, -0.25) is 0 Å². The zero-order valence-electron chi connectivity index (χ0n) is 10.1. The average molecular weight is 292 g/mol. The fraction of sp³-hybridized carbons (Fsp3) is 0.200. The zero-order chi connectivity index (χ0) is 13.8. The summed E-state index contributed by atoms with van der Waals surface area (Å²) in [6.07, 6.45) is 0. The largest absolute Gasteiger partial charge is 0.432 e. The summed E-state index contributed by atoms with van der Waals surface area (Å²) in [6.45, 7) is 0. The van der Waals surface area contributed by atoms with Crippen molar-refractivity contribution in [1.82, 2.24) is 14.5 Å². The van der Waals surface area contributed by atoms with Crippen molar-refractivity contribution < 1.29 is 22.5 Å². The van der Waals surface area contributed by atoms with Crippen molar-refractivity contribution in [2.24, 2.45) is 0 Å². The number of nitrogens with zero attached hydrogens (tertiary/aromatic N) is 1. The van der Waals surface area contributed by atoms with Gasteiger partial charge in [0.1, 0.15) is 20.0 Å². The maximum atomic E-state index is 13.4. The first-order valence-corrected chi connectivity index (χ1v) is 6.33. The van der Waals surface area contributed by atoms with E-state index in [9.17, 15) is 8.78 Å². The molecule has 0 saturated carbocycles. The zero-order valence-corrected chi connectivity index (χ0v) is 11.0. The van der Waals surface area contributed by atoms with E-state index in [1.807, 2.05) is 0 Å². The second-order valence-corrected chi connectivity index (χ2v) is 4.65. The molecule has 0 spiro atoms. The predicted molar refractivity (Wildman–Crippen MR) is 64.7 cm³/mol. The van der Waals surface area contributed by atoms with Gasteiger partial charge in [0.15, 0.2) is 11.6 Å². The summed E-state index contributed by atoms with van der Waals surface area (Å²) in [7, 11) is 2.07. The maximum Gasteiger partial charge on any atom is 0.275 e. The van der Waals surface area contributed by atoms with E-state index in [2.05, 4.69) is 9.59 Å². The third kappa shape index (κ3) is 3.26. The van der Waals surface area contributed by atoms with Crippen LogP contribution in [0.3, 0.4) is 0 Å². The monoisotopic (exact) mass is 292 g/mol. The third-order valence-corrected chi connectivity index (χ3v) is 3.21. The minimum atomic E-state index is -0.812. The van der Waals surface area contributed by atoms with E-state index in [-0.39, 0.29) is 11.6 Å². The Morgan fingerprint density at radius 3 is 2.74 bits per heavy atom. The molecule has 1 aromatic heterocycles. The van der Waals surface area contributed by atoms with Crippen LogP contribution in [0.4, 0.5) is 8.78 Å². The van der Waals surface area contributed by atoms with Gasteiger partial charge < -0.3 is 9.57 Å². The number of aromatic amines is 2. The first-order chi connectivity index (χ1) is 9.12. The molecule has 0 fully saturated rings. The average Bonchev–Trinajstić information content (AvgIpc) is 2.42. The van der Waals surface area contributed by atoms with Crippen molar-refractivity contribution in [3.8, 4) is 11.6 Å². The minimum Gasteiger partial charge on any atom is -0.432 e. The normalized spacial score (nSPS) is 11.3. The lowest BCUT2D eigenvalue weighted by atomic mass is 10.3. The molecule has 6 nitrogen and oxygen atoms in total. The SMILES string of the molecule is COn1[nH]c(Oc2cc(F)ccc2F)c[s+](OC)[nH]1. The van der Waals surface area contributed by atoms with Crippen molar-refractivity contribution in [3.63, 3.8) is 0 Å². The van der Waals surface area contributed by atoms with E-state index in [0.29, 0.717) is 0 Å². The highest BCUT2D eigenvalue weighted by Gasteiger charge is 2.13. The molecule has 104 valence electrons. The molecule has 0 aliphatic carbocycles. The maximum absolute atomic E-state index is 13.4. The Kier molecular flexibility index (Phi) is 4.07. The summed E-state index contributed by atoms with van der Waals surface area (Å²) in [5.74, 6) is -1.36. The van der Waals surface area contributed by atoms with Crippen LogP contribution in [-0.4, -0.2) is 28.8 Å². The van der Waals surface area contributed by atoms with Crippen LogP contribution >= 0.6 is 10.9 Å². The lowest BCUT2D eigenvalue weighted by molar-refractivity contribution is 0.0931. The van der Waals surface area contributed by atoms with Crippen LogP contribution in [0.5, 0.6) is 11.6 Å². The van der Waals surface area contributed by atoms with Crippen LogP contribution in [0, 0.1) is 11.6 Å². The van der Waals surface area contributed by atoms with Crippen LogP contribution in [-0.2, 0) is 0 Å². The summed E-state index contributed by atoms with van der Waals surface area (Å²) in [5.41, 5.74) is 0. The van der Waals surface area contributed by atoms with Crippen molar-refractivity contribution in [1.29, 1.82) is 0 Å². The molecule has 19 heavy (non-hydrogen) atoms. The van der Waals surface area contributed by atoms with Crippen LogP contribution in [0.2, 0.25) is 0 Å². The van der Waals surface area contributed by atoms with Gasteiger partial charge in [-0.2, -0.15) is 0 Å². The number of hydrogen-bond donors (Lipinski definition) is 2. The number of rotatable bonds is 4. The molecule has 1 heterocycles. The van der Waals surface area contributed by atoms with Crippen LogP contribution < -0.4 is 13.8 Å². The van der Waals surface area contributed by atoms with E-state index >= 15 is 0 Å². The fourth-order valence-electron chi connectivity index (χ4n) is 1.24. The Labute approximate surface area is 110 Å². The van der Waals surface area contributed by atoms with E-state index in [4.69, 9.17) is 13.8 Å². The van der Waals surface area contributed by atoms with Gasteiger partial charge in [-0.15, -0.1) is 4.18 Å². The number of hydrogen-bond acceptors (Lipinski definition) is 3. The van der Waals surface area contributed by atoms with E-state index in [1.165, 1.54) is 19.6 Å². The second-order valence-electron chi connectivity index (χ2n) is 3.30. The van der Waals surface area contributed by atoms with Gasteiger partial charge in [-0.25, -0.2) is 13.9 Å². The smallest absolute Gasteiger partial charge is 0.275 e. The predicted octanol–water partition coefficient (Wildman–Crippen LogP) is 2.21. The Morgan fingerprint density at radius 1 is 1.26 bits per heavy atom. The number of nitrogens with one attached hydrogen (secondary N) is 2. The van der Waals surface area contributed by atoms with Gasteiger partial charge >= 0.3 is 0 Å². The quantitative estimate of drug-likeness (QED) is 0.849. The van der Waals surface area contributed by atoms with Crippen molar-refractivity contribution in [2.45, 2.75) is 0 Å². The Balaban J connectivity index is 2.34. The van der Waals surface area contributed by atoms with Gasteiger partial charge in [0, 0.05) is 6.07 Å². The summed E-state index contributed by atoms with van der Waals surface area (Å²) >= 11 is 0. The molecule has 0 radical (unpaired) electrons. The van der Waals surface area contributed by atoms with Gasteiger partial charge in [-0.05, 0) is 21.6 Å². The Hall–Kier alpha value is -2.00. The molecule has 0 aliphatic heterocycles. The number of aromatic nitrogens is 3. The molecule has 1 aromatic carbocycles. The first kappa shape index (κ1) is 13.4. The summed E-state index contributed by atoms with van der Waals surface area (Å²) < 4.78 is 39.6. The minimum absolute atomic E-state index is 0.148. The van der Waals surface area contributed by atoms with Gasteiger partial charge in [-0.1, -0.05) is 0 Å². The molecule has 2 aromatic rings. The molecular formula is C10H12F2N3O3S+. The number of ether oxygens (including phenoxy) is 1. The molecule has 1 atom stereocenters. The van der Waals surface area contributed by atoms with E-state index in [0.717, 1.165) is 23.2 Å². The molecule has 1 unspecified atom stereocenters. The molecule has 0 bridgehead atoms. The van der Waals surface area contributed by atoms with Crippen molar-refractivity contribution >= 4 is 10.9 Å².